The standard InChI is InChI=1S/C21H18Cl2N6O3/c22-14-5-1-6-15(23)13(14)11-29-19-17(26-27-29)20(30)25-18(24-19)12-4-2-8-28(10-12)21(31)16-7-3-9-32-16/h1,3,5-7,9,12H,2,4,8,10-11H2,(H,24,25,30)/t12-/m1/s1. The van der Waals surface area contributed by atoms with Crippen LogP contribution in [0.1, 0.15) is 40.7 Å². The number of fused-ring (bicyclic) bond motifs is 1. The maximum atomic E-state index is 12.7. The Labute approximate surface area is 191 Å². The first-order chi connectivity index (χ1) is 15.5. The van der Waals surface area contributed by atoms with Gasteiger partial charge in [-0.15, -0.1) is 5.10 Å². The van der Waals surface area contributed by atoms with E-state index in [9.17, 15) is 9.59 Å². The molecule has 3 aromatic heterocycles. The van der Waals surface area contributed by atoms with Crippen molar-refractivity contribution >= 4 is 40.3 Å². The van der Waals surface area contributed by atoms with E-state index in [1.54, 1.807) is 35.2 Å². The summed E-state index contributed by atoms with van der Waals surface area (Å²) in [5.74, 6) is 0.477. The molecule has 1 aliphatic rings. The number of aromatic amines is 1. The van der Waals surface area contributed by atoms with E-state index in [0.717, 1.165) is 12.8 Å². The molecule has 0 saturated carbocycles. The fraction of sp³-hybridized carbons (Fsp3) is 0.286. The minimum atomic E-state index is -0.379. The van der Waals surface area contributed by atoms with Gasteiger partial charge < -0.3 is 14.3 Å². The minimum Gasteiger partial charge on any atom is -0.459 e. The van der Waals surface area contributed by atoms with Crippen molar-refractivity contribution in [3.05, 3.63) is 74.1 Å². The first kappa shape index (κ1) is 20.7. The lowest BCUT2D eigenvalue weighted by Gasteiger charge is -2.31. The highest BCUT2D eigenvalue weighted by Gasteiger charge is 2.29. The number of likely N-dealkylation sites (tertiary alicyclic amines) is 1. The number of carbonyl (C=O) groups excluding carboxylic acids is 1. The lowest BCUT2D eigenvalue weighted by atomic mass is 9.97. The summed E-state index contributed by atoms with van der Waals surface area (Å²) >= 11 is 12.6. The molecule has 164 valence electrons. The second-order valence-corrected chi connectivity index (χ2v) is 8.45. The summed E-state index contributed by atoms with van der Waals surface area (Å²) in [5.41, 5.74) is 0.764. The van der Waals surface area contributed by atoms with E-state index >= 15 is 0 Å². The topological polar surface area (TPSA) is 110 Å². The fourth-order valence-corrected chi connectivity index (χ4v) is 4.47. The van der Waals surface area contributed by atoms with Crippen LogP contribution in [-0.2, 0) is 6.54 Å². The zero-order valence-electron chi connectivity index (χ0n) is 16.8. The molecule has 5 rings (SSSR count). The number of halogens is 2. The zero-order valence-corrected chi connectivity index (χ0v) is 18.3. The quantitative estimate of drug-likeness (QED) is 0.486. The van der Waals surface area contributed by atoms with Gasteiger partial charge >= 0.3 is 0 Å². The molecule has 1 atom stereocenters. The van der Waals surface area contributed by atoms with Crippen LogP contribution in [0.15, 0.2) is 45.8 Å². The van der Waals surface area contributed by atoms with Crippen molar-refractivity contribution in [1.29, 1.82) is 0 Å². The van der Waals surface area contributed by atoms with Gasteiger partial charge in [0.05, 0.1) is 12.8 Å². The van der Waals surface area contributed by atoms with Crippen LogP contribution >= 0.6 is 23.2 Å². The first-order valence-corrected chi connectivity index (χ1v) is 10.9. The van der Waals surface area contributed by atoms with E-state index in [4.69, 9.17) is 27.6 Å². The number of H-pyrrole nitrogens is 1. The average molecular weight is 473 g/mol. The molecule has 0 radical (unpaired) electrons. The highest BCUT2D eigenvalue weighted by atomic mass is 35.5. The van der Waals surface area contributed by atoms with Crippen molar-refractivity contribution in [3.63, 3.8) is 0 Å². The Kier molecular flexibility index (Phi) is 5.44. The molecule has 32 heavy (non-hydrogen) atoms. The number of carbonyl (C=O) groups is 1. The van der Waals surface area contributed by atoms with Crippen LogP contribution in [-0.4, -0.2) is 48.9 Å². The number of hydrogen-bond acceptors (Lipinski definition) is 6. The van der Waals surface area contributed by atoms with Gasteiger partial charge in [-0.05, 0) is 37.1 Å². The Hall–Kier alpha value is -3.17. The maximum absolute atomic E-state index is 12.7. The summed E-state index contributed by atoms with van der Waals surface area (Å²) < 4.78 is 6.75. The highest BCUT2D eigenvalue weighted by Crippen LogP contribution is 2.27. The van der Waals surface area contributed by atoms with Gasteiger partial charge in [0.25, 0.3) is 11.5 Å². The second-order valence-electron chi connectivity index (χ2n) is 7.64. The molecule has 1 amide bonds. The Bertz CT molecular complexity index is 1330. The Morgan fingerprint density at radius 1 is 1.22 bits per heavy atom. The molecule has 4 heterocycles. The van der Waals surface area contributed by atoms with E-state index in [1.165, 1.54) is 10.9 Å². The number of benzene rings is 1. The number of furan rings is 1. The number of rotatable bonds is 4. The smallest absolute Gasteiger partial charge is 0.289 e. The molecular formula is C21H18Cl2N6O3. The van der Waals surface area contributed by atoms with Gasteiger partial charge in [0.1, 0.15) is 5.82 Å². The molecule has 1 fully saturated rings. The average Bonchev–Trinajstić information content (AvgIpc) is 3.47. The van der Waals surface area contributed by atoms with Crippen molar-refractivity contribution < 1.29 is 9.21 Å². The largest absolute Gasteiger partial charge is 0.459 e. The van der Waals surface area contributed by atoms with Crippen LogP contribution in [0.3, 0.4) is 0 Å². The highest BCUT2D eigenvalue weighted by molar-refractivity contribution is 6.36. The molecule has 0 aliphatic carbocycles. The van der Waals surface area contributed by atoms with Crippen molar-refractivity contribution in [2.24, 2.45) is 0 Å². The fourth-order valence-electron chi connectivity index (χ4n) is 3.96. The molecule has 1 saturated heterocycles. The number of nitrogens with zero attached hydrogens (tertiary/aromatic N) is 5. The normalized spacial score (nSPS) is 16.6. The van der Waals surface area contributed by atoms with Gasteiger partial charge in [0, 0.05) is 34.6 Å². The summed E-state index contributed by atoms with van der Waals surface area (Å²) in [7, 11) is 0. The predicted octanol–water partition coefficient (Wildman–Crippen LogP) is 3.48. The molecule has 9 nitrogen and oxygen atoms in total. The van der Waals surface area contributed by atoms with Gasteiger partial charge in [-0.3, -0.25) is 9.59 Å². The number of nitrogens with one attached hydrogen (secondary N) is 1. The monoisotopic (exact) mass is 472 g/mol. The van der Waals surface area contributed by atoms with Crippen LogP contribution in [0.2, 0.25) is 10.0 Å². The third-order valence-electron chi connectivity index (χ3n) is 5.59. The van der Waals surface area contributed by atoms with E-state index < -0.39 is 0 Å². The molecule has 0 bridgehead atoms. The van der Waals surface area contributed by atoms with Crippen molar-refractivity contribution in [2.45, 2.75) is 25.3 Å². The van der Waals surface area contributed by atoms with E-state index in [0.29, 0.717) is 45.9 Å². The number of piperidine rings is 1. The Morgan fingerprint density at radius 2 is 2.03 bits per heavy atom. The first-order valence-electron chi connectivity index (χ1n) is 10.1. The van der Waals surface area contributed by atoms with Gasteiger partial charge in [-0.25, -0.2) is 9.67 Å². The lowest BCUT2D eigenvalue weighted by molar-refractivity contribution is 0.0672. The summed E-state index contributed by atoms with van der Waals surface area (Å²) in [4.78, 5) is 34.6. The second kappa shape index (κ2) is 8.40. The molecule has 4 aromatic rings. The molecule has 11 heteroatoms. The molecule has 1 aliphatic heterocycles. The SMILES string of the molecule is O=C(c1ccco1)N1CCC[C@@H](c2nc3c(nnn3Cc3c(Cl)cccc3Cl)c(=O)[nH]2)C1. The molecule has 0 unspecified atom stereocenters. The van der Waals surface area contributed by atoms with E-state index in [1.807, 2.05) is 0 Å². The van der Waals surface area contributed by atoms with Crippen LogP contribution in [0.5, 0.6) is 0 Å². The minimum absolute atomic E-state index is 0.132. The van der Waals surface area contributed by atoms with Crippen LogP contribution in [0, 0.1) is 0 Å². The third-order valence-corrected chi connectivity index (χ3v) is 6.30. The number of aromatic nitrogens is 5. The van der Waals surface area contributed by atoms with E-state index in [2.05, 4.69) is 20.3 Å². The molecule has 1 N–H and O–H groups in total. The van der Waals surface area contributed by atoms with Gasteiger partial charge in [0.2, 0.25) is 0 Å². The van der Waals surface area contributed by atoms with Crippen molar-refractivity contribution in [2.75, 3.05) is 13.1 Å². The predicted molar refractivity (Wildman–Crippen MR) is 118 cm³/mol. The lowest BCUT2D eigenvalue weighted by Crippen LogP contribution is -2.39. The van der Waals surface area contributed by atoms with Gasteiger partial charge in [0.15, 0.2) is 16.9 Å². The Balaban J connectivity index is 1.46. The molecular weight excluding hydrogens is 455 g/mol. The van der Waals surface area contributed by atoms with Gasteiger partial charge in [-0.1, -0.05) is 34.5 Å². The van der Waals surface area contributed by atoms with Crippen LogP contribution in [0.4, 0.5) is 0 Å². The summed E-state index contributed by atoms with van der Waals surface area (Å²) in [6, 6.07) is 8.55. The summed E-state index contributed by atoms with van der Waals surface area (Å²) in [5, 5.41) is 9.05. The van der Waals surface area contributed by atoms with Gasteiger partial charge in [-0.2, -0.15) is 0 Å². The molecule has 0 spiro atoms. The Morgan fingerprint density at radius 3 is 2.78 bits per heavy atom. The summed E-state index contributed by atoms with van der Waals surface area (Å²) in [6.45, 7) is 1.26. The number of amides is 1. The third kappa shape index (κ3) is 3.78. The molecule has 1 aromatic carbocycles. The zero-order chi connectivity index (χ0) is 22.2. The van der Waals surface area contributed by atoms with Crippen LogP contribution < -0.4 is 5.56 Å². The number of hydrogen-bond donors (Lipinski definition) is 1. The van der Waals surface area contributed by atoms with E-state index in [-0.39, 0.29) is 29.4 Å². The van der Waals surface area contributed by atoms with Crippen molar-refractivity contribution in [3.8, 4) is 0 Å². The van der Waals surface area contributed by atoms with Crippen LogP contribution in [0.25, 0.3) is 11.2 Å². The summed E-state index contributed by atoms with van der Waals surface area (Å²) in [6.07, 6.45) is 3.04. The maximum Gasteiger partial charge on any atom is 0.289 e. The van der Waals surface area contributed by atoms with Crippen molar-refractivity contribution in [1.82, 2.24) is 29.9 Å².